The van der Waals surface area contributed by atoms with E-state index in [1.165, 1.54) is 5.56 Å². The second kappa shape index (κ2) is 3.85. The van der Waals surface area contributed by atoms with Gasteiger partial charge in [-0.1, -0.05) is 31.2 Å². The molecule has 16 heavy (non-hydrogen) atoms. The fraction of sp³-hybridized carbons (Fsp3) is 0.429. The number of rotatable bonds is 2. The second-order valence-electron chi connectivity index (χ2n) is 4.91. The summed E-state index contributed by atoms with van der Waals surface area (Å²) in [6, 6.07) is 7.67. The lowest BCUT2D eigenvalue weighted by Gasteiger charge is -2.23. The Morgan fingerprint density at radius 1 is 1.25 bits per heavy atom. The van der Waals surface area contributed by atoms with Crippen LogP contribution in [0.5, 0.6) is 0 Å². The summed E-state index contributed by atoms with van der Waals surface area (Å²) in [6.45, 7) is 3.69. The van der Waals surface area contributed by atoms with Gasteiger partial charge in [-0.25, -0.2) is 0 Å². The predicted octanol–water partition coefficient (Wildman–Crippen LogP) is 2.90. The van der Waals surface area contributed by atoms with Gasteiger partial charge in [0, 0.05) is 18.4 Å². The van der Waals surface area contributed by atoms with Crippen LogP contribution in [0.25, 0.3) is 0 Å². The summed E-state index contributed by atoms with van der Waals surface area (Å²) in [6.07, 6.45) is 2.24. The van der Waals surface area contributed by atoms with Crippen molar-refractivity contribution in [2.24, 2.45) is 0 Å². The van der Waals surface area contributed by atoms with E-state index >= 15 is 0 Å². The van der Waals surface area contributed by atoms with Crippen LogP contribution in [0.15, 0.2) is 24.3 Å². The minimum absolute atomic E-state index is 0.0214. The molecule has 0 amide bonds. The fourth-order valence-electron chi connectivity index (χ4n) is 2.38. The third kappa shape index (κ3) is 1.92. The van der Waals surface area contributed by atoms with Crippen LogP contribution in [-0.4, -0.2) is 11.6 Å². The van der Waals surface area contributed by atoms with Gasteiger partial charge in [-0.3, -0.25) is 9.59 Å². The SMILES string of the molecule is CC(=O)c1ccc(C2(C)CCC(=O)C2)cc1. The van der Waals surface area contributed by atoms with Crippen LogP contribution in [0.1, 0.15) is 49.0 Å². The molecule has 1 saturated carbocycles. The van der Waals surface area contributed by atoms with Crippen molar-refractivity contribution < 1.29 is 9.59 Å². The summed E-state index contributed by atoms with van der Waals surface area (Å²) in [7, 11) is 0. The molecule has 84 valence electrons. The molecule has 1 aliphatic rings. The largest absolute Gasteiger partial charge is 0.300 e. The van der Waals surface area contributed by atoms with Gasteiger partial charge >= 0.3 is 0 Å². The quantitative estimate of drug-likeness (QED) is 0.712. The van der Waals surface area contributed by atoms with Crippen molar-refractivity contribution in [3.8, 4) is 0 Å². The summed E-state index contributed by atoms with van der Waals surface area (Å²) >= 11 is 0. The highest BCUT2D eigenvalue weighted by molar-refractivity contribution is 5.94. The van der Waals surface area contributed by atoms with Crippen LogP contribution in [0.4, 0.5) is 0 Å². The molecule has 0 heterocycles. The molecule has 1 aromatic rings. The molecule has 1 fully saturated rings. The summed E-state index contributed by atoms with van der Waals surface area (Å²) in [5.41, 5.74) is 1.88. The highest BCUT2D eigenvalue weighted by Crippen LogP contribution is 2.38. The summed E-state index contributed by atoms with van der Waals surface area (Å²) in [5, 5.41) is 0. The van der Waals surface area contributed by atoms with Gasteiger partial charge in [0.25, 0.3) is 0 Å². The Balaban J connectivity index is 2.28. The van der Waals surface area contributed by atoms with Crippen molar-refractivity contribution in [3.63, 3.8) is 0 Å². The molecule has 1 unspecified atom stereocenters. The molecule has 1 aromatic carbocycles. The van der Waals surface area contributed by atoms with E-state index in [9.17, 15) is 9.59 Å². The Morgan fingerprint density at radius 3 is 2.31 bits per heavy atom. The number of carbonyl (C=O) groups excluding carboxylic acids is 2. The molecular weight excluding hydrogens is 200 g/mol. The van der Waals surface area contributed by atoms with E-state index in [0.29, 0.717) is 18.6 Å². The van der Waals surface area contributed by atoms with Crippen LogP contribution in [0.3, 0.4) is 0 Å². The first-order valence-corrected chi connectivity index (χ1v) is 5.64. The highest BCUT2D eigenvalue weighted by atomic mass is 16.1. The normalized spacial score (nSPS) is 24.8. The molecule has 2 rings (SSSR count). The molecular formula is C14H16O2. The van der Waals surface area contributed by atoms with Gasteiger partial charge in [0.05, 0.1) is 0 Å². The number of ketones is 2. The lowest BCUT2D eigenvalue weighted by atomic mass is 9.80. The monoisotopic (exact) mass is 216 g/mol. The Hall–Kier alpha value is -1.44. The lowest BCUT2D eigenvalue weighted by molar-refractivity contribution is -0.117. The Morgan fingerprint density at radius 2 is 1.88 bits per heavy atom. The zero-order valence-corrected chi connectivity index (χ0v) is 9.75. The zero-order chi connectivity index (χ0) is 11.8. The smallest absolute Gasteiger partial charge is 0.159 e. The van der Waals surface area contributed by atoms with E-state index < -0.39 is 0 Å². The average Bonchev–Trinajstić information content (AvgIpc) is 2.60. The first-order chi connectivity index (χ1) is 7.51. The van der Waals surface area contributed by atoms with Crippen molar-refractivity contribution in [1.29, 1.82) is 0 Å². The molecule has 2 heteroatoms. The van der Waals surface area contributed by atoms with Crippen molar-refractivity contribution >= 4 is 11.6 Å². The van der Waals surface area contributed by atoms with E-state index in [2.05, 4.69) is 6.92 Å². The molecule has 2 nitrogen and oxygen atoms in total. The number of Topliss-reactive ketones (excluding diaryl/α,β-unsaturated/α-hetero) is 2. The third-order valence-electron chi connectivity index (χ3n) is 3.53. The van der Waals surface area contributed by atoms with Gasteiger partial charge in [-0.2, -0.15) is 0 Å². The first kappa shape index (κ1) is 11.1. The molecule has 0 N–H and O–H groups in total. The summed E-state index contributed by atoms with van der Waals surface area (Å²) < 4.78 is 0. The standard InChI is InChI=1S/C14H16O2/c1-10(15)11-3-5-12(6-4-11)14(2)8-7-13(16)9-14/h3-6H,7-9H2,1-2H3. The zero-order valence-electron chi connectivity index (χ0n) is 9.75. The Bertz CT molecular complexity index is 431. The molecule has 0 aliphatic heterocycles. The molecule has 0 saturated heterocycles. The van der Waals surface area contributed by atoms with Gasteiger partial charge in [0.15, 0.2) is 5.78 Å². The number of benzene rings is 1. The first-order valence-electron chi connectivity index (χ1n) is 5.64. The van der Waals surface area contributed by atoms with Crippen LogP contribution in [0, 0.1) is 0 Å². The molecule has 0 aromatic heterocycles. The summed E-state index contributed by atoms with van der Waals surface area (Å²) in [4.78, 5) is 22.5. The van der Waals surface area contributed by atoms with E-state index in [0.717, 1.165) is 12.0 Å². The van der Waals surface area contributed by atoms with E-state index in [4.69, 9.17) is 0 Å². The minimum atomic E-state index is -0.0214. The van der Waals surface area contributed by atoms with Crippen molar-refractivity contribution in [2.45, 2.75) is 38.5 Å². The maximum Gasteiger partial charge on any atom is 0.159 e. The maximum absolute atomic E-state index is 11.4. The number of hydrogen-bond acceptors (Lipinski definition) is 2. The Labute approximate surface area is 95.7 Å². The van der Waals surface area contributed by atoms with Crippen LogP contribution in [-0.2, 0) is 10.2 Å². The van der Waals surface area contributed by atoms with Gasteiger partial charge in [0.2, 0.25) is 0 Å². The van der Waals surface area contributed by atoms with Crippen LogP contribution >= 0.6 is 0 Å². The van der Waals surface area contributed by atoms with E-state index in [1.807, 2.05) is 24.3 Å². The maximum atomic E-state index is 11.4. The van der Waals surface area contributed by atoms with Crippen LogP contribution in [0.2, 0.25) is 0 Å². The lowest BCUT2D eigenvalue weighted by Crippen LogP contribution is -2.17. The predicted molar refractivity (Wildman–Crippen MR) is 62.7 cm³/mol. The van der Waals surface area contributed by atoms with Gasteiger partial charge < -0.3 is 0 Å². The van der Waals surface area contributed by atoms with E-state index in [-0.39, 0.29) is 11.2 Å². The highest BCUT2D eigenvalue weighted by Gasteiger charge is 2.35. The topological polar surface area (TPSA) is 34.1 Å². The Kier molecular flexibility index (Phi) is 2.66. The van der Waals surface area contributed by atoms with Crippen molar-refractivity contribution in [3.05, 3.63) is 35.4 Å². The van der Waals surface area contributed by atoms with Gasteiger partial charge in [0.1, 0.15) is 5.78 Å². The third-order valence-corrected chi connectivity index (χ3v) is 3.53. The average molecular weight is 216 g/mol. The molecule has 1 aliphatic carbocycles. The number of hydrogen-bond donors (Lipinski definition) is 0. The molecule has 0 bridgehead atoms. The van der Waals surface area contributed by atoms with Gasteiger partial charge in [-0.15, -0.1) is 0 Å². The minimum Gasteiger partial charge on any atom is -0.300 e. The van der Waals surface area contributed by atoms with Crippen molar-refractivity contribution in [1.82, 2.24) is 0 Å². The van der Waals surface area contributed by atoms with Crippen LogP contribution < -0.4 is 0 Å². The molecule has 1 atom stereocenters. The van der Waals surface area contributed by atoms with Gasteiger partial charge in [-0.05, 0) is 24.3 Å². The second-order valence-corrected chi connectivity index (χ2v) is 4.91. The van der Waals surface area contributed by atoms with Crippen molar-refractivity contribution in [2.75, 3.05) is 0 Å². The summed E-state index contributed by atoms with van der Waals surface area (Å²) in [5.74, 6) is 0.428. The number of carbonyl (C=O) groups is 2. The van der Waals surface area contributed by atoms with E-state index in [1.54, 1.807) is 6.92 Å². The fourth-order valence-corrected chi connectivity index (χ4v) is 2.38. The molecule has 0 radical (unpaired) electrons. The molecule has 0 spiro atoms.